The van der Waals surface area contributed by atoms with Crippen molar-refractivity contribution in [1.82, 2.24) is 0 Å². The van der Waals surface area contributed by atoms with Gasteiger partial charge in [0.1, 0.15) is 0 Å². The second-order valence-electron chi connectivity index (χ2n) is 4.99. The summed E-state index contributed by atoms with van der Waals surface area (Å²) in [7, 11) is 0. The third-order valence-electron chi connectivity index (χ3n) is 3.21. The Kier molecular flexibility index (Phi) is 5.71. The maximum atomic E-state index is 13.2. The summed E-state index contributed by atoms with van der Waals surface area (Å²) in [5.41, 5.74) is 0. The van der Waals surface area contributed by atoms with Crippen LogP contribution in [0.25, 0.3) is 0 Å². The van der Waals surface area contributed by atoms with Gasteiger partial charge in [-0.15, -0.1) is 0 Å². The quantitative estimate of drug-likeness (QED) is 0.596. The molecule has 0 saturated carbocycles. The zero-order chi connectivity index (χ0) is 19.0. The molecule has 0 aromatic rings. The van der Waals surface area contributed by atoms with Gasteiger partial charge in [-0.2, -0.15) is 48.3 Å². The Morgan fingerprint density at radius 3 is 1.75 bits per heavy atom. The Labute approximate surface area is 127 Å². The second kappa shape index (κ2) is 6.46. The minimum absolute atomic E-state index is 0.174. The molecule has 1 aliphatic heterocycles. The van der Waals surface area contributed by atoms with E-state index in [0.29, 0.717) is 6.42 Å². The van der Waals surface area contributed by atoms with Gasteiger partial charge in [0, 0.05) is 19.4 Å². The van der Waals surface area contributed by atoms with Crippen LogP contribution in [-0.2, 0) is 9.47 Å². The number of hydrogen-bond acceptors (Lipinski definition) is 2. The van der Waals surface area contributed by atoms with Gasteiger partial charge < -0.3 is 9.47 Å². The van der Waals surface area contributed by atoms with Gasteiger partial charge in [-0.05, 0) is 6.42 Å². The van der Waals surface area contributed by atoms with Crippen LogP contribution in [0.15, 0.2) is 0 Å². The highest BCUT2D eigenvalue weighted by Crippen LogP contribution is 2.57. The van der Waals surface area contributed by atoms with E-state index >= 15 is 0 Å². The molecule has 0 aromatic heterocycles. The van der Waals surface area contributed by atoms with E-state index in [1.807, 2.05) is 0 Å². The van der Waals surface area contributed by atoms with Crippen LogP contribution in [-0.4, -0.2) is 49.4 Å². The number of rotatable bonds is 7. The van der Waals surface area contributed by atoms with Crippen molar-refractivity contribution < 1.29 is 57.8 Å². The highest BCUT2D eigenvalue weighted by Gasteiger charge is 2.86. The van der Waals surface area contributed by atoms with Crippen molar-refractivity contribution in [2.75, 3.05) is 13.2 Å². The van der Waals surface area contributed by atoms with E-state index in [1.54, 1.807) is 0 Å². The number of alkyl halides is 11. The molecule has 13 heteroatoms. The van der Waals surface area contributed by atoms with Crippen LogP contribution in [0.4, 0.5) is 48.3 Å². The van der Waals surface area contributed by atoms with Crippen LogP contribution in [0.3, 0.4) is 0 Å². The summed E-state index contributed by atoms with van der Waals surface area (Å²) < 4.78 is 149. The molecule has 0 amide bonds. The van der Waals surface area contributed by atoms with Gasteiger partial charge >= 0.3 is 29.9 Å². The van der Waals surface area contributed by atoms with Crippen molar-refractivity contribution in [2.24, 2.45) is 0 Å². The Morgan fingerprint density at radius 2 is 1.33 bits per heavy atom. The molecule has 0 aromatic carbocycles. The van der Waals surface area contributed by atoms with Gasteiger partial charge in [-0.1, -0.05) is 0 Å². The number of hydrogen-bond donors (Lipinski definition) is 0. The van der Waals surface area contributed by atoms with Crippen molar-refractivity contribution in [3.63, 3.8) is 0 Å². The smallest absolute Gasteiger partial charge is 0.353 e. The first-order chi connectivity index (χ1) is 10.6. The van der Waals surface area contributed by atoms with Gasteiger partial charge in [0.25, 0.3) is 0 Å². The summed E-state index contributed by atoms with van der Waals surface area (Å²) in [6.45, 7) is -1.13. The Morgan fingerprint density at radius 1 is 0.792 bits per heavy atom. The molecule has 0 radical (unpaired) electrons. The summed E-state index contributed by atoms with van der Waals surface area (Å²) >= 11 is 0. The molecule has 1 unspecified atom stereocenters. The molecule has 144 valence electrons. The van der Waals surface area contributed by atoms with E-state index in [9.17, 15) is 48.3 Å². The minimum Gasteiger partial charge on any atom is -0.353 e. The summed E-state index contributed by atoms with van der Waals surface area (Å²) in [6, 6.07) is 0. The monoisotopic (exact) mass is 384 g/mol. The SMILES string of the molecule is FC(F)(F)C(F)(F)C(F)(F)C(F)(F)C(F)(F)CCOC1CCCO1. The first-order valence-electron chi connectivity index (χ1n) is 6.39. The number of halogens is 11. The molecule has 0 bridgehead atoms. The lowest BCUT2D eigenvalue weighted by Gasteiger charge is -2.37. The summed E-state index contributed by atoms with van der Waals surface area (Å²) in [5, 5.41) is 0. The highest BCUT2D eigenvalue weighted by molar-refractivity contribution is 5.06. The average Bonchev–Trinajstić information content (AvgIpc) is 2.89. The first-order valence-corrected chi connectivity index (χ1v) is 6.39. The van der Waals surface area contributed by atoms with Crippen LogP contribution in [0, 0.1) is 0 Å². The fourth-order valence-electron chi connectivity index (χ4n) is 1.76. The normalized spacial score (nSPS) is 21.4. The van der Waals surface area contributed by atoms with Crippen LogP contribution in [0.1, 0.15) is 19.3 Å². The van der Waals surface area contributed by atoms with E-state index in [0.717, 1.165) is 0 Å². The fraction of sp³-hybridized carbons (Fsp3) is 1.00. The predicted molar refractivity (Wildman–Crippen MR) is 55.4 cm³/mol. The Balaban J connectivity index is 2.89. The predicted octanol–water partition coefficient (Wildman–Crippen LogP) is 4.63. The van der Waals surface area contributed by atoms with Gasteiger partial charge in [0.05, 0.1) is 6.61 Å². The number of ether oxygens (including phenoxy) is 2. The standard InChI is InChI=1S/C11H11F11O2/c12-7(13,3-5-24-6-2-1-4-23-6)8(14,15)9(16,17)10(18,19)11(20,21)22/h6H,1-5H2. The van der Waals surface area contributed by atoms with Crippen molar-refractivity contribution in [3.05, 3.63) is 0 Å². The van der Waals surface area contributed by atoms with Gasteiger partial charge in [-0.3, -0.25) is 0 Å². The van der Waals surface area contributed by atoms with Gasteiger partial charge in [-0.25, -0.2) is 0 Å². The summed E-state index contributed by atoms with van der Waals surface area (Å²) in [6.07, 6.45) is -9.77. The van der Waals surface area contributed by atoms with Gasteiger partial charge in [0.15, 0.2) is 6.29 Å². The molecule has 0 spiro atoms. The van der Waals surface area contributed by atoms with Crippen LogP contribution in [0.2, 0.25) is 0 Å². The third-order valence-corrected chi connectivity index (χ3v) is 3.21. The molecule has 1 aliphatic rings. The lowest BCUT2D eigenvalue weighted by Crippen LogP contribution is -2.66. The van der Waals surface area contributed by atoms with Crippen molar-refractivity contribution in [1.29, 1.82) is 0 Å². The second-order valence-corrected chi connectivity index (χ2v) is 4.99. The lowest BCUT2D eigenvalue weighted by atomic mass is 9.96. The molecule has 0 N–H and O–H groups in total. The van der Waals surface area contributed by atoms with E-state index in [2.05, 4.69) is 4.74 Å². The van der Waals surface area contributed by atoms with Gasteiger partial charge in [0.2, 0.25) is 0 Å². The lowest BCUT2D eigenvalue weighted by molar-refractivity contribution is -0.423. The van der Waals surface area contributed by atoms with Crippen molar-refractivity contribution >= 4 is 0 Å². The minimum atomic E-state index is -7.37. The molecule has 1 fully saturated rings. The highest BCUT2D eigenvalue weighted by atomic mass is 19.4. The molecule has 24 heavy (non-hydrogen) atoms. The van der Waals surface area contributed by atoms with Crippen molar-refractivity contribution in [2.45, 2.75) is 55.4 Å². The Hall–Kier alpha value is -0.850. The van der Waals surface area contributed by atoms with E-state index in [4.69, 9.17) is 4.74 Å². The maximum absolute atomic E-state index is 13.2. The van der Waals surface area contributed by atoms with Crippen molar-refractivity contribution in [3.8, 4) is 0 Å². The summed E-state index contributed by atoms with van der Waals surface area (Å²) in [5.74, 6) is -27.6. The molecular formula is C11H11F11O2. The topological polar surface area (TPSA) is 18.5 Å². The zero-order valence-electron chi connectivity index (χ0n) is 11.6. The zero-order valence-corrected chi connectivity index (χ0v) is 11.6. The first kappa shape index (κ1) is 21.2. The van der Waals surface area contributed by atoms with Crippen LogP contribution >= 0.6 is 0 Å². The molecule has 1 rings (SSSR count). The summed E-state index contributed by atoms with van der Waals surface area (Å²) in [4.78, 5) is 0. The molecule has 1 saturated heterocycles. The molecular weight excluding hydrogens is 373 g/mol. The molecule has 1 heterocycles. The molecule has 1 atom stereocenters. The van der Waals surface area contributed by atoms with Crippen LogP contribution in [0.5, 0.6) is 0 Å². The van der Waals surface area contributed by atoms with E-state index in [-0.39, 0.29) is 13.0 Å². The maximum Gasteiger partial charge on any atom is 0.460 e. The van der Waals surface area contributed by atoms with E-state index < -0.39 is 49.2 Å². The fourth-order valence-corrected chi connectivity index (χ4v) is 1.76. The molecule has 2 nitrogen and oxygen atoms in total. The molecule has 0 aliphatic carbocycles. The average molecular weight is 384 g/mol. The third kappa shape index (κ3) is 3.55. The Bertz CT molecular complexity index is 426. The van der Waals surface area contributed by atoms with E-state index in [1.165, 1.54) is 0 Å². The largest absolute Gasteiger partial charge is 0.460 e. The van der Waals surface area contributed by atoms with Crippen LogP contribution < -0.4 is 0 Å².